The highest BCUT2D eigenvalue weighted by molar-refractivity contribution is 6.32. The molecule has 1 aromatic carbocycles. The van der Waals surface area contributed by atoms with E-state index in [0.29, 0.717) is 11.9 Å². The highest BCUT2D eigenvalue weighted by Gasteiger charge is 2.55. The Morgan fingerprint density at radius 3 is 2.14 bits per heavy atom. The lowest BCUT2D eigenvalue weighted by atomic mass is 9.74. The fraction of sp³-hybridized carbons (Fsp3) is 0.768. The van der Waals surface area contributed by atoms with E-state index in [0.717, 1.165) is 12.8 Å². The van der Waals surface area contributed by atoms with Gasteiger partial charge in [0.05, 0.1) is 77.6 Å². The zero-order chi connectivity index (χ0) is 57.9. The molecule has 3 aliphatic heterocycles. The number of aliphatic hydroxyl groups is 3. The number of carboxylic acid groups (broad SMARTS) is 1. The van der Waals surface area contributed by atoms with E-state index in [9.17, 15) is 44.4 Å². The fourth-order valence-corrected chi connectivity index (χ4v) is 11.9. The maximum Gasteiger partial charge on any atom is 0.341 e. The number of aromatic nitrogens is 1. The second-order valence-electron chi connectivity index (χ2n) is 22.9. The Balaban J connectivity index is 1.19. The number of Topliss-reactive ketones (excluding diaryl/α,β-unsaturated/α-hetero) is 1. The van der Waals surface area contributed by atoms with E-state index in [-0.39, 0.29) is 91.2 Å². The van der Waals surface area contributed by atoms with Crippen molar-refractivity contribution in [3.05, 3.63) is 39.1 Å². The monoisotopic (exact) mass is 1120 g/mol. The van der Waals surface area contributed by atoms with Gasteiger partial charge in [-0.3, -0.25) is 19.2 Å². The number of benzene rings is 1. The van der Waals surface area contributed by atoms with Crippen molar-refractivity contribution >= 4 is 46.2 Å². The van der Waals surface area contributed by atoms with Gasteiger partial charge >= 0.3 is 17.9 Å². The summed E-state index contributed by atoms with van der Waals surface area (Å²) in [6.45, 7) is 16.8. The van der Waals surface area contributed by atoms with Crippen molar-refractivity contribution in [3.63, 3.8) is 0 Å². The standard InChI is InChI=1S/C56H85ClN2O19/c1-15-41-56(10,68)48(64)30(4)44(61)28(2)25-54(8,69-13)49(78-53-46(63)39(58(11)12)22-29(3)73-53)31(5)47(32(6)52(67)75-41)77-43-26-55(9,70-14)50(33(7)74-43)76-42(60)18-19-71-20-21-72-40-23-35-38(24-37(40)57)59(34-16-17-34)27-36(45(35)62)51(65)66/h23-24,27-34,39,41,43,46-50,53,63-64,68H,15-22,25-26H2,1-14H3,(H,65,66)/t28-,29+,30-,31+,32+,33-,39-,41-,43+,46-,47+,48+,49-,50+,53-,54-,55+,56+/m0/s1. The van der Waals surface area contributed by atoms with E-state index in [1.807, 2.05) is 25.9 Å². The van der Waals surface area contributed by atoms with Crippen molar-refractivity contribution < 1.29 is 87.0 Å². The zero-order valence-electron chi connectivity index (χ0n) is 47.7. The fourth-order valence-electron chi connectivity index (χ4n) is 11.7. The first-order valence-electron chi connectivity index (χ1n) is 27.3. The van der Waals surface area contributed by atoms with Crippen molar-refractivity contribution in [1.82, 2.24) is 9.47 Å². The molecule has 21 nitrogen and oxygen atoms in total. The van der Waals surface area contributed by atoms with Crippen LogP contribution in [0.5, 0.6) is 5.75 Å². The van der Waals surface area contributed by atoms with Gasteiger partial charge in [-0.15, -0.1) is 0 Å². The number of carbonyl (C=O) groups excluding carboxylic acids is 3. The van der Waals surface area contributed by atoms with Gasteiger partial charge in [-0.1, -0.05) is 39.3 Å². The van der Waals surface area contributed by atoms with Gasteiger partial charge in [0, 0.05) is 56.7 Å². The number of nitrogens with zero attached hydrogens (tertiary/aromatic N) is 2. The molecule has 440 valence electrons. The minimum absolute atomic E-state index is 0.00452. The zero-order valence-corrected chi connectivity index (χ0v) is 48.5. The number of aliphatic hydroxyl groups excluding tert-OH is 2. The van der Waals surface area contributed by atoms with Crippen LogP contribution >= 0.6 is 11.6 Å². The summed E-state index contributed by atoms with van der Waals surface area (Å²) in [5, 5.41) is 45.3. The molecule has 4 N–H and O–H groups in total. The topological polar surface area (TPSA) is 267 Å². The smallest absolute Gasteiger partial charge is 0.341 e. The van der Waals surface area contributed by atoms with Gasteiger partial charge in [0.2, 0.25) is 5.43 Å². The van der Waals surface area contributed by atoms with E-state index in [4.69, 9.17) is 59.0 Å². The van der Waals surface area contributed by atoms with Crippen LogP contribution in [0, 0.1) is 23.7 Å². The van der Waals surface area contributed by atoms with Gasteiger partial charge in [0.25, 0.3) is 0 Å². The van der Waals surface area contributed by atoms with Crippen LogP contribution in [0.4, 0.5) is 0 Å². The maximum atomic E-state index is 14.6. The molecule has 0 spiro atoms. The number of fused-ring (bicyclic) bond motifs is 1. The van der Waals surface area contributed by atoms with Crippen LogP contribution in [0.3, 0.4) is 0 Å². The third-order valence-corrected chi connectivity index (χ3v) is 17.0. The Morgan fingerprint density at radius 2 is 1.54 bits per heavy atom. The highest BCUT2D eigenvalue weighted by atomic mass is 35.5. The van der Waals surface area contributed by atoms with Gasteiger partial charge in [0.15, 0.2) is 18.7 Å². The number of rotatable bonds is 18. The first kappa shape index (κ1) is 63.3. The molecule has 0 unspecified atom stereocenters. The van der Waals surface area contributed by atoms with Crippen molar-refractivity contribution in [3.8, 4) is 5.75 Å². The van der Waals surface area contributed by atoms with Crippen LogP contribution in [-0.4, -0.2) is 186 Å². The van der Waals surface area contributed by atoms with Crippen molar-refractivity contribution in [1.29, 1.82) is 0 Å². The SMILES string of the molecule is CC[C@@H]1OC(=O)[C@H](C)[C@H](O[C@@H]2C[C@@](C)(OC)[C@H](OC(=O)CCOCCOc3cc4c(=O)c(C(=O)O)cn(C5CC5)c4cc3Cl)[C@H](C)O2)[C@@H](C)[C@H](O[C@@H]2O[C@H](C)C[C@H](N(C)C)[C@@H]2O)[C@@](C)(OC)C[C@H](C)C(=O)[C@H](C)[C@@H](O)[C@]1(C)O. The number of likely N-dealkylation sites (N-methyl/N-ethyl adjacent to an activating group) is 1. The largest absolute Gasteiger partial charge is 0.490 e. The van der Waals surface area contributed by atoms with Gasteiger partial charge in [0.1, 0.15) is 47.1 Å². The number of carbonyl (C=O) groups is 4. The number of pyridine rings is 1. The van der Waals surface area contributed by atoms with Gasteiger partial charge in [-0.25, -0.2) is 4.79 Å². The molecule has 4 fully saturated rings. The average Bonchev–Trinajstić information content (AvgIpc) is 4.29. The van der Waals surface area contributed by atoms with E-state index in [2.05, 4.69) is 0 Å². The van der Waals surface area contributed by atoms with Crippen LogP contribution in [0.25, 0.3) is 10.9 Å². The predicted molar refractivity (Wildman–Crippen MR) is 284 cm³/mol. The van der Waals surface area contributed by atoms with E-state index >= 15 is 0 Å². The molecule has 1 aliphatic carbocycles. The molecule has 78 heavy (non-hydrogen) atoms. The second-order valence-corrected chi connectivity index (χ2v) is 23.3. The number of hydrogen-bond acceptors (Lipinski definition) is 19. The third kappa shape index (κ3) is 13.9. The van der Waals surface area contributed by atoms with Crippen molar-refractivity contribution in [2.24, 2.45) is 23.7 Å². The van der Waals surface area contributed by atoms with Gasteiger partial charge < -0.3 is 77.3 Å². The summed E-state index contributed by atoms with van der Waals surface area (Å²) < 4.78 is 64.4. The maximum absolute atomic E-state index is 14.6. The van der Waals surface area contributed by atoms with E-state index < -0.39 is 119 Å². The molecule has 0 radical (unpaired) electrons. The summed E-state index contributed by atoms with van der Waals surface area (Å²) in [4.78, 5) is 69.1. The second kappa shape index (κ2) is 26.0. The van der Waals surface area contributed by atoms with Crippen LogP contribution in [0.15, 0.2) is 23.1 Å². The molecule has 2 aromatic rings. The van der Waals surface area contributed by atoms with Gasteiger partial charge in [-0.05, 0) is 99.9 Å². The molecule has 4 aliphatic rings. The molecular formula is C56H85ClN2O19. The first-order chi connectivity index (χ1) is 36.5. The summed E-state index contributed by atoms with van der Waals surface area (Å²) in [5.41, 5.74) is -5.07. The van der Waals surface area contributed by atoms with Crippen molar-refractivity contribution in [2.75, 3.05) is 48.1 Å². The molecule has 4 heterocycles. The number of cyclic esters (lactones) is 1. The minimum atomic E-state index is -2.04. The van der Waals surface area contributed by atoms with Crippen LogP contribution in [-0.2, 0) is 57.0 Å². The quantitative estimate of drug-likeness (QED) is 0.106. The Bertz CT molecular complexity index is 2490. The lowest BCUT2D eigenvalue weighted by Gasteiger charge is -2.50. The summed E-state index contributed by atoms with van der Waals surface area (Å²) in [5.74, 6) is -6.70. The first-order valence-corrected chi connectivity index (χ1v) is 27.6. The molecule has 1 saturated carbocycles. The molecule has 3 saturated heterocycles. The van der Waals surface area contributed by atoms with E-state index in [1.54, 1.807) is 59.1 Å². The Labute approximate surface area is 462 Å². The molecule has 18 atom stereocenters. The molecule has 0 amide bonds. The number of carboxylic acids is 1. The highest BCUT2D eigenvalue weighted by Crippen LogP contribution is 2.43. The minimum Gasteiger partial charge on any atom is -0.490 e. The number of halogens is 1. The number of ether oxygens (including phenoxy) is 10. The molecular weight excluding hydrogens is 1040 g/mol. The van der Waals surface area contributed by atoms with Crippen molar-refractivity contribution in [2.45, 2.75) is 204 Å². The van der Waals surface area contributed by atoms with Crippen LogP contribution < -0.4 is 10.2 Å². The Kier molecular flexibility index (Phi) is 21.1. The third-order valence-electron chi connectivity index (χ3n) is 16.7. The summed E-state index contributed by atoms with van der Waals surface area (Å²) in [6, 6.07) is 2.76. The number of aromatic carboxylic acids is 1. The predicted octanol–water partition coefficient (Wildman–Crippen LogP) is 5.48. The number of methoxy groups -OCH3 is 2. The summed E-state index contributed by atoms with van der Waals surface area (Å²) in [6.07, 6.45) is -7.02. The van der Waals surface area contributed by atoms with Gasteiger partial charge in [-0.2, -0.15) is 0 Å². The summed E-state index contributed by atoms with van der Waals surface area (Å²) >= 11 is 6.55. The van der Waals surface area contributed by atoms with Crippen LogP contribution in [0.2, 0.25) is 5.02 Å². The average molecular weight is 1130 g/mol. The Hall–Kier alpha value is -3.84. The normalized spacial score (nSPS) is 37.4. The number of ketones is 1. The lowest BCUT2D eigenvalue weighted by molar-refractivity contribution is -0.320. The summed E-state index contributed by atoms with van der Waals surface area (Å²) in [7, 11) is 6.66. The Morgan fingerprint density at radius 1 is 0.885 bits per heavy atom. The van der Waals surface area contributed by atoms with E-state index in [1.165, 1.54) is 40.3 Å². The number of hydrogen-bond donors (Lipinski definition) is 4. The van der Waals surface area contributed by atoms with Crippen LogP contribution in [0.1, 0.15) is 131 Å². The molecule has 22 heteroatoms. The number of esters is 2. The lowest BCUT2D eigenvalue weighted by Crippen LogP contribution is -2.61. The molecule has 1 aromatic heterocycles. The molecule has 6 rings (SSSR count). The molecule has 0 bridgehead atoms.